The van der Waals surface area contributed by atoms with E-state index < -0.39 is 16.0 Å². The molecule has 1 N–H and O–H groups in total. The van der Waals surface area contributed by atoms with Gasteiger partial charge in [-0.3, -0.25) is 0 Å². The SMILES string of the molecule is CCOC(=O)c1[nH]c(C)c(CN(Cc2ccc(OC)cc2)S(=O)(=O)c2ccccc2C)c1C. The number of H-pyrrole nitrogens is 1. The second kappa shape index (κ2) is 10.2. The molecule has 0 unspecified atom stereocenters. The van der Waals surface area contributed by atoms with Gasteiger partial charge in [0, 0.05) is 18.8 Å². The summed E-state index contributed by atoms with van der Waals surface area (Å²) in [5.41, 5.74) is 4.02. The van der Waals surface area contributed by atoms with Crippen molar-refractivity contribution in [2.45, 2.75) is 45.7 Å². The highest BCUT2D eigenvalue weighted by molar-refractivity contribution is 7.89. The number of aromatic amines is 1. The Morgan fingerprint density at radius 2 is 1.67 bits per heavy atom. The molecule has 0 spiro atoms. The topological polar surface area (TPSA) is 88.7 Å². The Morgan fingerprint density at radius 1 is 1.00 bits per heavy atom. The maximum Gasteiger partial charge on any atom is 0.355 e. The van der Waals surface area contributed by atoms with Gasteiger partial charge in [-0.1, -0.05) is 30.3 Å². The van der Waals surface area contributed by atoms with E-state index in [1.54, 1.807) is 58.2 Å². The molecule has 0 aliphatic rings. The number of hydrogen-bond acceptors (Lipinski definition) is 5. The summed E-state index contributed by atoms with van der Waals surface area (Å²) in [6.07, 6.45) is 0. The average molecular weight is 471 g/mol. The average Bonchev–Trinajstić information content (AvgIpc) is 3.07. The first kappa shape index (κ1) is 24.5. The van der Waals surface area contributed by atoms with Crippen LogP contribution < -0.4 is 4.74 Å². The van der Waals surface area contributed by atoms with Gasteiger partial charge in [0.2, 0.25) is 10.0 Å². The molecular formula is C25H30N2O5S. The minimum atomic E-state index is -3.83. The van der Waals surface area contributed by atoms with Crippen LogP contribution in [0.15, 0.2) is 53.4 Å². The first-order chi connectivity index (χ1) is 15.7. The van der Waals surface area contributed by atoms with Gasteiger partial charge in [0.1, 0.15) is 11.4 Å². The molecule has 0 bridgehead atoms. The lowest BCUT2D eigenvalue weighted by Crippen LogP contribution is -2.31. The van der Waals surface area contributed by atoms with Crippen LogP contribution in [-0.2, 0) is 27.8 Å². The zero-order chi connectivity index (χ0) is 24.2. The Kier molecular flexibility index (Phi) is 7.61. The highest BCUT2D eigenvalue weighted by Gasteiger charge is 2.29. The first-order valence-electron chi connectivity index (χ1n) is 10.7. The number of aromatic nitrogens is 1. The van der Waals surface area contributed by atoms with Crippen LogP contribution in [0.2, 0.25) is 0 Å². The molecule has 3 rings (SSSR count). The van der Waals surface area contributed by atoms with Crippen LogP contribution >= 0.6 is 0 Å². The molecule has 2 aromatic carbocycles. The molecular weight excluding hydrogens is 440 g/mol. The van der Waals surface area contributed by atoms with Crippen molar-refractivity contribution < 1.29 is 22.7 Å². The summed E-state index contributed by atoms with van der Waals surface area (Å²) < 4.78 is 39.3. The molecule has 0 atom stereocenters. The normalized spacial score (nSPS) is 11.6. The second-order valence-corrected chi connectivity index (χ2v) is 9.74. The molecule has 7 nitrogen and oxygen atoms in total. The van der Waals surface area contributed by atoms with Gasteiger partial charge >= 0.3 is 5.97 Å². The molecule has 0 aliphatic carbocycles. The van der Waals surface area contributed by atoms with Crippen molar-refractivity contribution in [2.24, 2.45) is 0 Å². The van der Waals surface area contributed by atoms with Crippen molar-refractivity contribution in [3.8, 4) is 5.75 Å². The van der Waals surface area contributed by atoms with E-state index in [1.807, 2.05) is 25.1 Å². The fourth-order valence-electron chi connectivity index (χ4n) is 3.76. The summed E-state index contributed by atoms with van der Waals surface area (Å²) in [4.78, 5) is 15.7. The maximum atomic E-state index is 13.8. The number of nitrogens with one attached hydrogen (secondary N) is 1. The predicted octanol–water partition coefficient (Wildman–Crippen LogP) is 4.52. The minimum Gasteiger partial charge on any atom is -0.497 e. The largest absolute Gasteiger partial charge is 0.497 e. The van der Waals surface area contributed by atoms with Gasteiger partial charge in [0.25, 0.3) is 0 Å². The highest BCUT2D eigenvalue weighted by atomic mass is 32.2. The standard InChI is InChI=1S/C25H30N2O5S/c1-6-32-25(28)24-18(3)22(19(4)26-24)16-27(15-20-11-13-21(31-5)14-12-20)33(29,30)23-10-8-7-9-17(23)2/h7-14,26H,6,15-16H2,1-5H3. The molecule has 176 valence electrons. The summed E-state index contributed by atoms with van der Waals surface area (Å²) in [5.74, 6) is 0.247. The maximum absolute atomic E-state index is 13.8. The lowest BCUT2D eigenvalue weighted by atomic mass is 10.1. The number of carbonyl (C=O) groups is 1. The molecule has 33 heavy (non-hydrogen) atoms. The molecule has 0 aliphatic heterocycles. The predicted molar refractivity (Wildman–Crippen MR) is 127 cm³/mol. The summed E-state index contributed by atoms with van der Waals surface area (Å²) >= 11 is 0. The van der Waals surface area contributed by atoms with Crippen molar-refractivity contribution >= 4 is 16.0 Å². The van der Waals surface area contributed by atoms with Crippen molar-refractivity contribution in [2.75, 3.05) is 13.7 Å². The van der Waals surface area contributed by atoms with E-state index in [0.717, 1.165) is 16.8 Å². The number of esters is 1. The van der Waals surface area contributed by atoms with Crippen LogP contribution in [0.1, 0.15) is 45.4 Å². The lowest BCUT2D eigenvalue weighted by Gasteiger charge is -2.24. The van der Waals surface area contributed by atoms with Crippen LogP contribution in [0, 0.1) is 20.8 Å². The fraction of sp³-hybridized carbons (Fsp3) is 0.320. The summed E-state index contributed by atoms with van der Waals surface area (Å²) in [6, 6.07) is 14.2. The van der Waals surface area contributed by atoms with E-state index >= 15 is 0 Å². The van der Waals surface area contributed by atoms with Gasteiger partial charge < -0.3 is 14.5 Å². The van der Waals surface area contributed by atoms with Gasteiger partial charge in [-0.2, -0.15) is 4.31 Å². The minimum absolute atomic E-state index is 0.107. The Hall–Kier alpha value is -3.10. The smallest absolute Gasteiger partial charge is 0.355 e. The number of nitrogens with zero attached hydrogens (tertiary/aromatic N) is 1. The van der Waals surface area contributed by atoms with E-state index in [0.29, 0.717) is 22.6 Å². The van der Waals surface area contributed by atoms with Gasteiger partial charge in [0.05, 0.1) is 18.6 Å². The number of hydrogen-bond donors (Lipinski definition) is 1. The zero-order valence-corrected chi connectivity index (χ0v) is 20.5. The molecule has 1 heterocycles. The molecule has 0 fully saturated rings. The number of carbonyl (C=O) groups excluding carboxylic acids is 1. The number of sulfonamides is 1. The molecule has 1 aromatic heterocycles. The van der Waals surface area contributed by atoms with E-state index in [2.05, 4.69) is 4.98 Å². The molecule has 0 radical (unpaired) electrons. The summed E-state index contributed by atoms with van der Waals surface area (Å²) in [6.45, 7) is 7.69. The van der Waals surface area contributed by atoms with Crippen LogP contribution in [0.25, 0.3) is 0 Å². The van der Waals surface area contributed by atoms with Crippen LogP contribution in [0.5, 0.6) is 5.75 Å². The number of methoxy groups -OCH3 is 1. The number of rotatable bonds is 9. The van der Waals surface area contributed by atoms with E-state index in [-0.39, 0.29) is 24.6 Å². The Morgan fingerprint density at radius 3 is 2.27 bits per heavy atom. The van der Waals surface area contributed by atoms with Crippen LogP contribution in [0.4, 0.5) is 0 Å². The van der Waals surface area contributed by atoms with Crippen LogP contribution in [0.3, 0.4) is 0 Å². The third-order valence-corrected chi connectivity index (χ3v) is 7.59. The van der Waals surface area contributed by atoms with E-state index in [9.17, 15) is 13.2 Å². The van der Waals surface area contributed by atoms with Gasteiger partial charge in [-0.05, 0) is 68.1 Å². The van der Waals surface area contributed by atoms with Gasteiger partial charge in [-0.25, -0.2) is 13.2 Å². The summed E-state index contributed by atoms with van der Waals surface area (Å²) in [7, 11) is -2.24. The fourth-order valence-corrected chi connectivity index (χ4v) is 5.38. The van der Waals surface area contributed by atoms with E-state index in [4.69, 9.17) is 9.47 Å². The van der Waals surface area contributed by atoms with E-state index in [1.165, 1.54) is 4.31 Å². The third-order valence-electron chi connectivity index (χ3n) is 5.64. The Bertz CT molecular complexity index is 1230. The number of benzene rings is 2. The second-order valence-electron chi connectivity index (χ2n) is 7.84. The zero-order valence-electron chi connectivity index (χ0n) is 19.6. The number of aryl methyl sites for hydroxylation is 2. The highest BCUT2D eigenvalue weighted by Crippen LogP contribution is 2.27. The van der Waals surface area contributed by atoms with Crippen molar-refractivity contribution in [3.05, 3.63) is 82.2 Å². The van der Waals surface area contributed by atoms with Crippen molar-refractivity contribution in [3.63, 3.8) is 0 Å². The third kappa shape index (κ3) is 5.29. The Labute approximate surface area is 195 Å². The molecule has 0 saturated carbocycles. The molecule has 0 saturated heterocycles. The number of ether oxygens (including phenoxy) is 2. The van der Waals surface area contributed by atoms with Gasteiger partial charge in [-0.15, -0.1) is 0 Å². The quantitative estimate of drug-likeness (QED) is 0.465. The monoisotopic (exact) mass is 470 g/mol. The van der Waals surface area contributed by atoms with Crippen molar-refractivity contribution in [1.82, 2.24) is 9.29 Å². The molecule has 3 aromatic rings. The van der Waals surface area contributed by atoms with Crippen LogP contribution in [-0.4, -0.2) is 37.4 Å². The molecule has 0 amide bonds. The summed E-state index contributed by atoms with van der Waals surface area (Å²) in [5, 5.41) is 0. The first-order valence-corrected chi connectivity index (χ1v) is 12.2. The van der Waals surface area contributed by atoms with Gasteiger partial charge in [0.15, 0.2) is 0 Å². The lowest BCUT2D eigenvalue weighted by molar-refractivity contribution is 0.0519. The van der Waals surface area contributed by atoms with Crippen molar-refractivity contribution in [1.29, 1.82) is 0 Å². The molecule has 8 heteroatoms. The Balaban J connectivity index is 2.04.